The number of hydrogen-bond donors (Lipinski definition) is 1. The lowest BCUT2D eigenvalue weighted by molar-refractivity contribution is 0.0827. The highest BCUT2D eigenvalue weighted by atomic mass is 32.2. The van der Waals surface area contributed by atoms with Crippen molar-refractivity contribution >= 4 is 21.6 Å². The summed E-state index contributed by atoms with van der Waals surface area (Å²) < 4.78 is 27.2. The van der Waals surface area contributed by atoms with Gasteiger partial charge in [0.25, 0.3) is 15.9 Å². The summed E-state index contributed by atoms with van der Waals surface area (Å²) in [5, 5.41) is 0. The first-order chi connectivity index (χ1) is 10.8. The third kappa shape index (κ3) is 4.10. The highest BCUT2D eigenvalue weighted by Crippen LogP contribution is 2.18. The molecule has 1 amide bonds. The average Bonchev–Trinajstić information content (AvgIpc) is 2.54. The highest BCUT2D eigenvalue weighted by molar-refractivity contribution is 7.92. The van der Waals surface area contributed by atoms with Gasteiger partial charge in [0.1, 0.15) is 0 Å². The van der Waals surface area contributed by atoms with Crippen LogP contribution in [0.3, 0.4) is 0 Å². The first-order valence-corrected chi connectivity index (χ1v) is 8.75. The molecule has 0 aliphatic carbocycles. The average molecular weight is 332 g/mol. The number of nitrogens with one attached hydrogen (secondary N) is 1. The number of carbonyl (C=O) groups is 1. The second kappa shape index (κ2) is 6.83. The third-order valence-corrected chi connectivity index (χ3v) is 4.83. The van der Waals surface area contributed by atoms with E-state index in [9.17, 15) is 13.2 Å². The molecule has 0 atom stereocenters. The summed E-state index contributed by atoms with van der Waals surface area (Å²) in [4.78, 5) is 13.5. The number of carbonyl (C=O) groups excluding carboxylic acids is 1. The minimum atomic E-state index is -3.63. The highest BCUT2D eigenvalue weighted by Gasteiger charge is 2.14. The minimum absolute atomic E-state index is 0.130. The first kappa shape index (κ1) is 17.0. The number of sulfonamides is 1. The monoisotopic (exact) mass is 332 g/mol. The Hall–Kier alpha value is -2.34. The van der Waals surface area contributed by atoms with Crippen molar-refractivity contribution in [2.75, 3.05) is 18.8 Å². The van der Waals surface area contributed by atoms with Crippen molar-refractivity contribution in [1.82, 2.24) is 4.90 Å². The molecule has 0 saturated carbocycles. The van der Waals surface area contributed by atoms with Crippen LogP contribution >= 0.6 is 0 Å². The Balaban J connectivity index is 2.18. The number of hydrogen-bond acceptors (Lipinski definition) is 3. The fourth-order valence-corrected chi connectivity index (χ4v) is 3.12. The van der Waals surface area contributed by atoms with Crippen LogP contribution < -0.4 is 4.72 Å². The van der Waals surface area contributed by atoms with Crippen molar-refractivity contribution in [3.8, 4) is 0 Å². The molecule has 2 rings (SSSR count). The molecule has 0 radical (unpaired) electrons. The molecule has 0 aliphatic rings. The van der Waals surface area contributed by atoms with Crippen LogP contribution in [0.25, 0.3) is 0 Å². The standard InChI is InChI=1S/C17H20N2O3S/c1-4-13-5-11-16(12-6-13)23(21,22)18-15-9-7-14(8-10-15)17(20)19(2)3/h5-12,18H,4H2,1-3H3. The Morgan fingerprint density at radius 1 is 1.00 bits per heavy atom. The van der Waals surface area contributed by atoms with Gasteiger partial charge < -0.3 is 4.90 Å². The topological polar surface area (TPSA) is 66.5 Å². The van der Waals surface area contributed by atoms with E-state index >= 15 is 0 Å². The molecule has 0 saturated heterocycles. The molecule has 0 aliphatic heterocycles. The van der Waals surface area contributed by atoms with Crippen molar-refractivity contribution in [2.24, 2.45) is 0 Å². The van der Waals surface area contributed by atoms with E-state index < -0.39 is 10.0 Å². The van der Waals surface area contributed by atoms with Crippen LogP contribution in [0.1, 0.15) is 22.8 Å². The van der Waals surface area contributed by atoms with E-state index in [0.717, 1.165) is 12.0 Å². The van der Waals surface area contributed by atoms with Gasteiger partial charge in [-0.3, -0.25) is 9.52 Å². The summed E-state index contributed by atoms with van der Waals surface area (Å²) >= 11 is 0. The molecule has 2 aromatic rings. The number of aryl methyl sites for hydroxylation is 1. The van der Waals surface area contributed by atoms with E-state index in [1.54, 1.807) is 62.6 Å². The lowest BCUT2D eigenvalue weighted by Gasteiger charge is -2.12. The van der Waals surface area contributed by atoms with E-state index in [1.807, 2.05) is 6.92 Å². The number of rotatable bonds is 5. The van der Waals surface area contributed by atoms with Crippen LogP contribution in [0.2, 0.25) is 0 Å². The quantitative estimate of drug-likeness (QED) is 0.915. The molecule has 0 bridgehead atoms. The lowest BCUT2D eigenvalue weighted by atomic mass is 10.2. The summed E-state index contributed by atoms with van der Waals surface area (Å²) in [6, 6.07) is 13.1. The summed E-state index contributed by atoms with van der Waals surface area (Å²) in [6.07, 6.45) is 0.856. The number of anilines is 1. The molecule has 1 N–H and O–H groups in total. The molecule has 0 unspecified atom stereocenters. The molecule has 23 heavy (non-hydrogen) atoms. The molecule has 0 fully saturated rings. The molecule has 0 aromatic heterocycles. The van der Waals surface area contributed by atoms with Crippen LogP contribution in [0.5, 0.6) is 0 Å². The molecular formula is C17H20N2O3S. The summed E-state index contributed by atoms with van der Waals surface area (Å²) in [6.45, 7) is 2.01. The van der Waals surface area contributed by atoms with Crippen LogP contribution in [0, 0.1) is 0 Å². The van der Waals surface area contributed by atoms with Gasteiger partial charge in [-0.05, 0) is 48.4 Å². The van der Waals surface area contributed by atoms with Crippen molar-refractivity contribution < 1.29 is 13.2 Å². The number of benzene rings is 2. The van der Waals surface area contributed by atoms with E-state index in [4.69, 9.17) is 0 Å². The normalized spacial score (nSPS) is 11.1. The van der Waals surface area contributed by atoms with Crippen molar-refractivity contribution in [3.05, 3.63) is 59.7 Å². The van der Waals surface area contributed by atoms with Gasteiger partial charge in [0, 0.05) is 25.3 Å². The van der Waals surface area contributed by atoms with Crippen LogP contribution in [0.4, 0.5) is 5.69 Å². The van der Waals surface area contributed by atoms with Gasteiger partial charge in [0.15, 0.2) is 0 Å². The summed E-state index contributed by atoms with van der Waals surface area (Å²) in [5.74, 6) is -0.130. The zero-order valence-electron chi connectivity index (χ0n) is 13.4. The van der Waals surface area contributed by atoms with Crippen LogP contribution in [-0.4, -0.2) is 33.3 Å². The second-order valence-corrected chi connectivity index (χ2v) is 7.06. The minimum Gasteiger partial charge on any atom is -0.345 e. The zero-order valence-corrected chi connectivity index (χ0v) is 14.2. The smallest absolute Gasteiger partial charge is 0.261 e. The second-order valence-electron chi connectivity index (χ2n) is 5.38. The maximum Gasteiger partial charge on any atom is 0.261 e. The molecule has 5 nitrogen and oxygen atoms in total. The van der Waals surface area contributed by atoms with Gasteiger partial charge in [0.05, 0.1) is 4.90 Å². The summed E-state index contributed by atoms with van der Waals surface area (Å²) in [5.41, 5.74) is 2.00. The fraction of sp³-hybridized carbons (Fsp3) is 0.235. The van der Waals surface area contributed by atoms with Gasteiger partial charge in [-0.1, -0.05) is 19.1 Å². The number of nitrogens with zero attached hydrogens (tertiary/aromatic N) is 1. The first-order valence-electron chi connectivity index (χ1n) is 7.27. The molecule has 122 valence electrons. The largest absolute Gasteiger partial charge is 0.345 e. The predicted molar refractivity (Wildman–Crippen MR) is 91.1 cm³/mol. The zero-order chi connectivity index (χ0) is 17.0. The Morgan fingerprint density at radius 2 is 1.57 bits per heavy atom. The lowest BCUT2D eigenvalue weighted by Crippen LogP contribution is -2.21. The number of amides is 1. The Kier molecular flexibility index (Phi) is 5.05. The van der Waals surface area contributed by atoms with Crippen molar-refractivity contribution in [1.29, 1.82) is 0 Å². The molecule has 0 spiro atoms. The Morgan fingerprint density at radius 3 is 2.04 bits per heavy atom. The third-order valence-electron chi connectivity index (χ3n) is 3.43. The van der Waals surface area contributed by atoms with E-state index in [1.165, 1.54) is 4.90 Å². The van der Waals surface area contributed by atoms with E-state index in [0.29, 0.717) is 11.3 Å². The van der Waals surface area contributed by atoms with Gasteiger partial charge in [-0.2, -0.15) is 0 Å². The maximum atomic E-state index is 12.3. The van der Waals surface area contributed by atoms with Crippen LogP contribution in [-0.2, 0) is 16.4 Å². The SMILES string of the molecule is CCc1ccc(S(=O)(=O)Nc2ccc(C(=O)N(C)C)cc2)cc1. The van der Waals surface area contributed by atoms with Gasteiger partial charge in [-0.15, -0.1) is 0 Å². The van der Waals surface area contributed by atoms with Crippen LogP contribution in [0.15, 0.2) is 53.4 Å². The van der Waals surface area contributed by atoms with Crippen molar-refractivity contribution in [2.45, 2.75) is 18.2 Å². The molecular weight excluding hydrogens is 312 g/mol. The van der Waals surface area contributed by atoms with E-state index in [2.05, 4.69) is 4.72 Å². The maximum absolute atomic E-state index is 12.3. The van der Waals surface area contributed by atoms with E-state index in [-0.39, 0.29) is 10.8 Å². The molecule has 6 heteroatoms. The van der Waals surface area contributed by atoms with Gasteiger partial charge in [0.2, 0.25) is 0 Å². The van der Waals surface area contributed by atoms with Gasteiger partial charge in [-0.25, -0.2) is 8.42 Å². The van der Waals surface area contributed by atoms with Gasteiger partial charge >= 0.3 is 0 Å². The fourth-order valence-electron chi connectivity index (χ4n) is 2.06. The molecule has 2 aromatic carbocycles. The Labute approximate surface area is 137 Å². The Bertz CT molecular complexity index is 780. The molecule has 0 heterocycles. The predicted octanol–water partition coefficient (Wildman–Crippen LogP) is 2.75. The van der Waals surface area contributed by atoms with Crippen molar-refractivity contribution in [3.63, 3.8) is 0 Å². The summed E-state index contributed by atoms with van der Waals surface area (Å²) in [7, 11) is -0.302.